The second-order valence-corrected chi connectivity index (χ2v) is 7.76. The van der Waals surface area contributed by atoms with E-state index in [0.29, 0.717) is 5.16 Å². The first-order valence-corrected chi connectivity index (χ1v) is 10.5. The summed E-state index contributed by atoms with van der Waals surface area (Å²) in [4.78, 5) is 12.2. The SMILES string of the molecule is CCCCc1ccc(-n2nnnc2SCC(=O)Nc2ccccc2Br)cc1. The van der Waals surface area contributed by atoms with Crippen LogP contribution in [0.5, 0.6) is 0 Å². The van der Waals surface area contributed by atoms with Crippen LogP contribution in [-0.4, -0.2) is 31.9 Å². The number of nitrogens with zero attached hydrogens (tertiary/aromatic N) is 4. The number of thioether (sulfide) groups is 1. The summed E-state index contributed by atoms with van der Waals surface area (Å²) in [6, 6.07) is 15.7. The molecule has 1 aromatic heterocycles. The minimum absolute atomic E-state index is 0.114. The molecular weight excluding hydrogens is 426 g/mol. The van der Waals surface area contributed by atoms with Gasteiger partial charge < -0.3 is 5.32 Å². The Morgan fingerprint density at radius 1 is 1.19 bits per heavy atom. The Balaban J connectivity index is 1.61. The first kappa shape index (κ1) is 19.6. The van der Waals surface area contributed by atoms with Gasteiger partial charge in [0.2, 0.25) is 11.1 Å². The number of amides is 1. The molecule has 3 aromatic rings. The predicted octanol–water partition coefficient (Wildman–Crippen LogP) is 4.50. The fraction of sp³-hybridized carbons (Fsp3) is 0.263. The number of hydrogen-bond acceptors (Lipinski definition) is 5. The normalized spacial score (nSPS) is 10.7. The van der Waals surface area contributed by atoms with Gasteiger partial charge in [0.15, 0.2) is 0 Å². The zero-order valence-corrected chi connectivity index (χ0v) is 17.3. The molecule has 27 heavy (non-hydrogen) atoms. The number of anilines is 1. The van der Waals surface area contributed by atoms with Crippen molar-refractivity contribution in [3.8, 4) is 5.69 Å². The molecule has 0 aliphatic heterocycles. The van der Waals surface area contributed by atoms with Gasteiger partial charge in [-0.3, -0.25) is 4.79 Å². The molecule has 1 N–H and O–H groups in total. The molecule has 0 atom stereocenters. The lowest BCUT2D eigenvalue weighted by Crippen LogP contribution is -2.15. The van der Waals surface area contributed by atoms with Crippen LogP contribution in [0.2, 0.25) is 0 Å². The molecule has 0 saturated heterocycles. The fourth-order valence-corrected chi connectivity index (χ4v) is 3.57. The van der Waals surface area contributed by atoms with Crippen LogP contribution in [0.4, 0.5) is 5.69 Å². The molecule has 0 spiro atoms. The number of rotatable bonds is 8. The highest BCUT2D eigenvalue weighted by atomic mass is 79.9. The summed E-state index contributed by atoms with van der Waals surface area (Å²) in [5, 5.41) is 15.3. The summed E-state index contributed by atoms with van der Waals surface area (Å²) in [6.07, 6.45) is 3.43. The van der Waals surface area contributed by atoms with Crippen molar-refractivity contribution in [2.45, 2.75) is 31.3 Å². The molecule has 1 heterocycles. The molecule has 3 rings (SSSR count). The predicted molar refractivity (Wildman–Crippen MR) is 111 cm³/mol. The maximum absolute atomic E-state index is 12.2. The zero-order chi connectivity index (χ0) is 19.1. The van der Waals surface area contributed by atoms with E-state index in [1.807, 2.05) is 36.4 Å². The van der Waals surface area contributed by atoms with Gasteiger partial charge in [0.1, 0.15) is 0 Å². The second kappa shape index (κ2) is 9.66. The quantitative estimate of drug-likeness (QED) is 0.516. The number of aryl methyl sites for hydroxylation is 1. The van der Waals surface area contributed by atoms with Crippen LogP contribution in [0.3, 0.4) is 0 Å². The highest BCUT2D eigenvalue weighted by Gasteiger charge is 2.12. The summed E-state index contributed by atoms with van der Waals surface area (Å²) in [7, 11) is 0. The van der Waals surface area contributed by atoms with E-state index >= 15 is 0 Å². The summed E-state index contributed by atoms with van der Waals surface area (Å²) < 4.78 is 2.50. The van der Waals surface area contributed by atoms with E-state index < -0.39 is 0 Å². The zero-order valence-electron chi connectivity index (χ0n) is 14.9. The summed E-state index contributed by atoms with van der Waals surface area (Å²) >= 11 is 4.72. The van der Waals surface area contributed by atoms with Gasteiger partial charge in [-0.15, -0.1) is 5.10 Å². The lowest BCUT2D eigenvalue weighted by atomic mass is 10.1. The molecule has 140 valence electrons. The van der Waals surface area contributed by atoms with Crippen molar-refractivity contribution in [1.29, 1.82) is 0 Å². The number of nitrogens with one attached hydrogen (secondary N) is 1. The van der Waals surface area contributed by atoms with E-state index in [1.54, 1.807) is 4.68 Å². The lowest BCUT2D eigenvalue weighted by molar-refractivity contribution is -0.113. The van der Waals surface area contributed by atoms with E-state index in [2.05, 4.69) is 55.8 Å². The largest absolute Gasteiger partial charge is 0.324 e. The highest BCUT2D eigenvalue weighted by molar-refractivity contribution is 9.10. The maximum Gasteiger partial charge on any atom is 0.234 e. The highest BCUT2D eigenvalue weighted by Crippen LogP contribution is 2.23. The average molecular weight is 446 g/mol. The minimum atomic E-state index is -0.114. The molecule has 0 saturated carbocycles. The number of hydrogen-bond donors (Lipinski definition) is 1. The van der Waals surface area contributed by atoms with E-state index in [4.69, 9.17) is 0 Å². The summed E-state index contributed by atoms with van der Waals surface area (Å²) in [6.45, 7) is 2.19. The van der Waals surface area contributed by atoms with Crippen molar-refractivity contribution in [2.24, 2.45) is 0 Å². The minimum Gasteiger partial charge on any atom is -0.324 e. The van der Waals surface area contributed by atoms with Crippen LogP contribution in [-0.2, 0) is 11.2 Å². The lowest BCUT2D eigenvalue weighted by Gasteiger charge is -2.07. The molecule has 1 amide bonds. The fourth-order valence-electron chi connectivity index (χ4n) is 2.49. The van der Waals surface area contributed by atoms with Crippen molar-refractivity contribution in [3.63, 3.8) is 0 Å². The smallest absolute Gasteiger partial charge is 0.234 e. The van der Waals surface area contributed by atoms with Crippen molar-refractivity contribution in [3.05, 3.63) is 58.6 Å². The summed E-state index contributed by atoms with van der Waals surface area (Å²) in [5.74, 6) is 0.104. The molecule has 0 bridgehead atoms. The van der Waals surface area contributed by atoms with E-state index in [0.717, 1.165) is 22.3 Å². The van der Waals surface area contributed by atoms with E-state index in [9.17, 15) is 4.79 Å². The molecule has 6 nitrogen and oxygen atoms in total. The maximum atomic E-state index is 12.2. The number of aromatic nitrogens is 4. The molecule has 0 fully saturated rings. The average Bonchev–Trinajstić information content (AvgIpc) is 3.15. The van der Waals surface area contributed by atoms with Crippen LogP contribution in [0.25, 0.3) is 5.69 Å². The van der Waals surface area contributed by atoms with Crippen LogP contribution in [0, 0.1) is 0 Å². The van der Waals surface area contributed by atoms with Crippen molar-refractivity contribution in [1.82, 2.24) is 20.2 Å². The van der Waals surface area contributed by atoms with Crippen LogP contribution in [0.1, 0.15) is 25.3 Å². The third-order valence-electron chi connectivity index (χ3n) is 3.92. The van der Waals surface area contributed by atoms with Gasteiger partial charge >= 0.3 is 0 Å². The third-order valence-corrected chi connectivity index (χ3v) is 5.53. The standard InChI is InChI=1S/C19H20BrN5OS/c1-2-3-6-14-9-11-15(12-10-14)25-19(22-23-24-25)27-13-18(26)21-17-8-5-4-7-16(17)20/h4-5,7-12H,2-3,6,13H2,1H3,(H,21,26). The Labute approximate surface area is 170 Å². The Kier molecular flexibility index (Phi) is 7.00. The Hall–Kier alpha value is -2.19. The first-order valence-electron chi connectivity index (χ1n) is 8.72. The van der Waals surface area contributed by atoms with Gasteiger partial charge in [0, 0.05) is 4.47 Å². The first-order chi connectivity index (χ1) is 13.2. The number of tetrazole rings is 1. The topological polar surface area (TPSA) is 72.7 Å². The molecule has 0 radical (unpaired) electrons. The second-order valence-electron chi connectivity index (χ2n) is 5.96. The molecule has 0 aliphatic carbocycles. The Morgan fingerprint density at radius 2 is 1.96 bits per heavy atom. The van der Waals surface area contributed by atoms with Gasteiger partial charge in [-0.2, -0.15) is 4.68 Å². The molecule has 8 heteroatoms. The van der Waals surface area contributed by atoms with Gasteiger partial charge in [-0.25, -0.2) is 0 Å². The van der Waals surface area contributed by atoms with E-state index in [1.165, 1.54) is 30.2 Å². The van der Waals surface area contributed by atoms with Crippen molar-refractivity contribution >= 4 is 39.3 Å². The molecule has 0 aliphatic rings. The third kappa shape index (κ3) is 5.40. The Morgan fingerprint density at radius 3 is 2.70 bits per heavy atom. The number of carbonyl (C=O) groups is 1. The van der Waals surface area contributed by atoms with Crippen molar-refractivity contribution in [2.75, 3.05) is 11.1 Å². The van der Waals surface area contributed by atoms with Gasteiger partial charge in [0.05, 0.1) is 17.1 Å². The molecule has 2 aromatic carbocycles. The van der Waals surface area contributed by atoms with Crippen LogP contribution >= 0.6 is 27.7 Å². The van der Waals surface area contributed by atoms with Gasteiger partial charge in [-0.05, 0) is 69.0 Å². The van der Waals surface area contributed by atoms with Crippen LogP contribution in [0.15, 0.2) is 58.2 Å². The van der Waals surface area contributed by atoms with Crippen LogP contribution < -0.4 is 5.32 Å². The van der Waals surface area contributed by atoms with Crippen molar-refractivity contribution < 1.29 is 4.79 Å². The molecular formula is C19H20BrN5OS. The Bertz CT molecular complexity index is 897. The number of halogens is 1. The molecule has 0 unspecified atom stereocenters. The van der Waals surface area contributed by atoms with E-state index in [-0.39, 0.29) is 11.7 Å². The number of unbranched alkanes of at least 4 members (excludes halogenated alkanes) is 1. The number of benzene rings is 2. The van der Waals surface area contributed by atoms with Gasteiger partial charge in [-0.1, -0.05) is 49.4 Å². The number of para-hydroxylation sites is 1. The number of carbonyl (C=O) groups excluding carboxylic acids is 1. The summed E-state index contributed by atoms with van der Waals surface area (Å²) in [5.41, 5.74) is 2.93. The van der Waals surface area contributed by atoms with Gasteiger partial charge in [0.25, 0.3) is 0 Å². The monoisotopic (exact) mass is 445 g/mol.